The van der Waals surface area contributed by atoms with Gasteiger partial charge in [0, 0.05) is 18.5 Å². The summed E-state index contributed by atoms with van der Waals surface area (Å²) in [5.74, 6) is -0.381. The van der Waals surface area contributed by atoms with Crippen molar-refractivity contribution in [3.05, 3.63) is 71.8 Å². The molecule has 0 amide bonds. The number of rotatable bonds is 7. The fraction of sp³-hybridized carbons (Fsp3) is 0.409. The molecule has 4 nitrogen and oxygen atoms in total. The molecule has 1 saturated heterocycles. The van der Waals surface area contributed by atoms with Crippen LogP contribution in [0.1, 0.15) is 29.9 Å². The van der Waals surface area contributed by atoms with Crippen molar-refractivity contribution in [3.63, 3.8) is 0 Å². The zero-order valence-electron chi connectivity index (χ0n) is 15.4. The van der Waals surface area contributed by atoms with E-state index in [1.807, 2.05) is 11.9 Å². The summed E-state index contributed by atoms with van der Waals surface area (Å²) in [7, 11) is 1.92. The Morgan fingerprint density at radius 3 is 2.00 bits per heavy atom. The molecule has 0 bridgehead atoms. The van der Waals surface area contributed by atoms with Crippen molar-refractivity contribution < 1.29 is 9.90 Å². The Morgan fingerprint density at radius 2 is 1.54 bits per heavy atom. The first-order chi connectivity index (χ1) is 12.6. The first-order valence-electron chi connectivity index (χ1n) is 9.38. The molecule has 0 saturated carbocycles. The third-order valence-electron chi connectivity index (χ3n) is 5.41. The molecule has 4 heteroatoms. The highest BCUT2D eigenvalue weighted by molar-refractivity contribution is 5.69. The third kappa shape index (κ3) is 4.93. The topological polar surface area (TPSA) is 43.8 Å². The number of hydrogen-bond donors (Lipinski definition) is 1. The fourth-order valence-corrected chi connectivity index (χ4v) is 3.92. The average Bonchev–Trinajstić information content (AvgIpc) is 2.67. The molecule has 0 radical (unpaired) electrons. The van der Waals surface area contributed by atoms with E-state index in [4.69, 9.17) is 5.11 Å². The standard InChI is InChI=1S/C22H28N2O2/c1-23(17-22(25)26)20-12-14-24(15-13-20)16-21(18-8-4-2-5-9-18)19-10-6-3-7-11-19/h2-11,20-21H,12-17H2,1H3,(H,25,26). The van der Waals surface area contributed by atoms with Crippen LogP contribution in [0.4, 0.5) is 0 Å². The second kappa shape index (κ2) is 8.97. The van der Waals surface area contributed by atoms with E-state index in [-0.39, 0.29) is 6.54 Å². The van der Waals surface area contributed by atoms with Crippen LogP contribution in [0.15, 0.2) is 60.7 Å². The summed E-state index contributed by atoms with van der Waals surface area (Å²) in [5.41, 5.74) is 2.70. The van der Waals surface area contributed by atoms with Crippen LogP contribution in [-0.2, 0) is 4.79 Å². The van der Waals surface area contributed by atoms with Crippen molar-refractivity contribution in [2.24, 2.45) is 0 Å². The van der Waals surface area contributed by atoms with E-state index in [9.17, 15) is 4.79 Å². The van der Waals surface area contributed by atoms with E-state index in [2.05, 4.69) is 65.6 Å². The minimum absolute atomic E-state index is 0.126. The molecule has 1 aliphatic rings. The van der Waals surface area contributed by atoms with Gasteiger partial charge in [0.2, 0.25) is 0 Å². The zero-order valence-corrected chi connectivity index (χ0v) is 15.4. The lowest BCUT2D eigenvalue weighted by atomic mass is 9.90. The Labute approximate surface area is 156 Å². The minimum Gasteiger partial charge on any atom is -0.480 e. The van der Waals surface area contributed by atoms with Crippen LogP contribution in [0, 0.1) is 0 Å². The van der Waals surface area contributed by atoms with E-state index >= 15 is 0 Å². The van der Waals surface area contributed by atoms with Gasteiger partial charge in [-0.25, -0.2) is 0 Å². The highest BCUT2D eigenvalue weighted by Gasteiger charge is 2.26. The SMILES string of the molecule is CN(CC(=O)O)C1CCN(CC(c2ccccc2)c2ccccc2)CC1. The van der Waals surface area contributed by atoms with Crippen LogP contribution >= 0.6 is 0 Å². The Balaban J connectivity index is 1.65. The van der Waals surface area contributed by atoms with Gasteiger partial charge in [-0.3, -0.25) is 9.69 Å². The number of aliphatic carboxylic acids is 1. The van der Waals surface area contributed by atoms with Gasteiger partial charge in [-0.05, 0) is 44.1 Å². The summed E-state index contributed by atoms with van der Waals surface area (Å²) in [6, 6.07) is 21.8. The first-order valence-corrected chi connectivity index (χ1v) is 9.38. The fourth-order valence-electron chi connectivity index (χ4n) is 3.92. The Morgan fingerprint density at radius 1 is 1.04 bits per heavy atom. The summed E-state index contributed by atoms with van der Waals surface area (Å²) in [6.07, 6.45) is 2.06. The van der Waals surface area contributed by atoms with E-state index in [0.29, 0.717) is 12.0 Å². The molecule has 0 unspecified atom stereocenters. The summed E-state index contributed by atoms with van der Waals surface area (Å²) in [4.78, 5) is 15.4. The average molecular weight is 352 g/mol. The molecule has 0 aromatic heterocycles. The molecule has 138 valence electrons. The quantitative estimate of drug-likeness (QED) is 0.830. The summed E-state index contributed by atoms with van der Waals surface area (Å²) in [5, 5.41) is 8.99. The van der Waals surface area contributed by atoms with Gasteiger partial charge >= 0.3 is 5.97 Å². The lowest BCUT2D eigenvalue weighted by Gasteiger charge is -2.37. The number of likely N-dealkylation sites (N-methyl/N-ethyl adjacent to an activating group) is 1. The van der Waals surface area contributed by atoms with Crippen molar-refractivity contribution >= 4 is 5.97 Å². The molecular weight excluding hydrogens is 324 g/mol. The Bertz CT molecular complexity index is 642. The first kappa shape index (κ1) is 18.6. The molecular formula is C22H28N2O2. The minimum atomic E-state index is -0.747. The molecule has 2 aromatic carbocycles. The predicted molar refractivity (Wildman–Crippen MR) is 104 cm³/mol. The van der Waals surface area contributed by atoms with Crippen LogP contribution in [0.5, 0.6) is 0 Å². The summed E-state index contributed by atoms with van der Waals surface area (Å²) in [6.45, 7) is 3.17. The number of carboxylic acids is 1. The van der Waals surface area contributed by atoms with Crippen molar-refractivity contribution in [3.8, 4) is 0 Å². The van der Waals surface area contributed by atoms with Crippen LogP contribution < -0.4 is 0 Å². The number of piperidine rings is 1. The number of likely N-dealkylation sites (tertiary alicyclic amines) is 1. The molecule has 3 rings (SSSR count). The third-order valence-corrected chi connectivity index (χ3v) is 5.41. The molecule has 1 fully saturated rings. The largest absolute Gasteiger partial charge is 0.480 e. The van der Waals surface area contributed by atoms with Crippen LogP contribution in [0.2, 0.25) is 0 Å². The number of benzene rings is 2. The second-order valence-electron chi connectivity index (χ2n) is 7.21. The Kier molecular flexibility index (Phi) is 6.42. The van der Waals surface area contributed by atoms with Crippen molar-refractivity contribution in [2.75, 3.05) is 33.2 Å². The van der Waals surface area contributed by atoms with Crippen LogP contribution in [-0.4, -0.2) is 60.1 Å². The van der Waals surface area contributed by atoms with Crippen molar-refractivity contribution in [1.82, 2.24) is 9.80 Å². The van der Waals surface area contributed by atoms with E-state index in [0.717, 1.165) is 32.5 Å². The van der Waals surface area contributed by atoms with Crippen LogP contribution in [0.25, 0.3) is 0 Å². The van der Waals surface area contributed by atoms with Gasteiger partial charge in [0.05, 0.1) is 6.54 Å². The summed E-state index contributed by atoms with van der Waals surface area (Å²) >= 11 is 0. The molecule has 0 atom stereocenters. The van der Waals surface area contributed by atoms with Gasteiger partial charge in [0.25, 0.3) is 0 Å². The van der Waals surface area contributed by atoms with Gasteiger partial charge in [-0.15, -0.1) is 0 Å². The van der Waals surface area contributed by atoms with Gasteiger partial charge in [-0.1, -0.05) is 60.7 Å². The number of carboxylic acid groups (broad SMARTS) is 1. The number of hydrogen-bond acceptors (Lipinski definition) is 3. The normalized spacial score (nSPS) is 16.3. The van der Waals surface area contributed by atoms with Gasteiger partial charge in [0.15, 0.2) is 0 Å². The lowest BCUT2D eigenvalue weighted by Crippen LogP contribution is -2.45. The van der Waals surface area contributed by atoms with Crippen molar-refractivity contribution in [1.29, 1.82) is 0 Å². The van der Waals surface area contributed by atoms with Gasteiger partial charge in [0.1, 0.15) is 0 Å². The highest BCUT2D eigenvalue weighted by atomic mass is 16.4. The molecule has 26 heavy (non-hydrogen) atoms. The second-order valence-corrected chi connectivity index (χ2v) is 7.21. The van der Waals surface area contributed by atoms with Gasteiger partial charge in [-0.2, -0.15) is 0 Å². The molecule has 1 N–H and O–H groups in total. The van der Waals surface area contributed by atoms with Crippen molar-refractivity contribution in [2.45, 2.75) is 24.8 Å². The van der Waals surface area contributed by atoms with Crippen LogP contribution in [0.3, 0.4) is 0 Å². The zero-order chi connectivity index (χ0) is 18.4. The van der Waals surface area contributed by atoms with E-state index in [1.54, 1.807) is 0 Å². The molecule has 2 aromatic rings. The van der Waals surface area contributed by atoms with Gasteiger partial charge < -0.3 is 10.0 Å². The Hall–Kier alpha value is -2.17. The van der Waals surface area contributed by atoms with E-state index < -0.39 is 5.97 Å². The lowest BCUT2D eigenvalue weighted by molar-refractivity contribution is -0.138. The molecule has 1 aliphatic heterocycles. The summed E-state index contributed by atoms with van der Waals surface area (Å²) < 4.78 is 0. The monoisotopic (exact) mass is 352 g/mol. The number of carbonyl (C=O) groups is 1. The highest BCUT2D eigenvalue weighted by Crippen LogP contribution is 2.27. The smallest absolute Gasteiger partial charge is 0.317 e. The maximum absolute atomic E-state index is 10.9. The predicted octanol–water partition coefficient (Wildman–Crippen LogP) is 3.30. The molecule has 0 spiro atoms. The van der Waals surface area contributed by atoms with E-state index in [1.165, 1.54) is 11.1 Å². The maximum Gasteiger partial charge on any atom is 0.317 e. The number of nitrogens with zero attached hydrogens (tertiary/aromatic N) is 2. The molecule has 1 heterocycles. The maximum atomic E-state index is 10.9. The molecule has 0 aliphatic carbocycles.